The van der Waals surface area contributed by atoms with Crippen LogP contribution >= 0.6 is 0 Å². The van der Waals surface area contributed by atoms with Gasteiger partial charge in [0.15, 0.2) is 0 Å². The normalized spacial score (nSPS) is 20.2. The maximum absolute atomic E-state index is 6.04. The molecule has 1 unspecified atom stereocenters. The van der Waals surface area contributed by atoms with Crippen LogP contribution in [0.3, 0.4) is 0 Å². The summed E-state index contributed by atoms with van der Waals surface area (Å²) in [5.41, 5.74) is 7.70. The van der Waals surface area contributed by atoms with E-state index < -0.39 is 0 Å². The highest BCUT2D eigenvalue weighted by Crippen LogP contribution is 2.44. The Hall–Kier alpha value is -0.870. The first-order chi connectivity index (χ1) is 7.09. The molecule has 2 rings (SSSR count). The molecule has 84 valence electrons. The summed E-state index contributed by atoms with van der Waals surface area (Å²) in [6.45, 7) is 4.23. The first kappa shape index (κ1) is 10.6. The molecule has 15 heavy (non-hydrogen) atoms. The van der Waals surface area contributed by atoms with E-state index >= 15 is 0 Å². The Kier molecular flexibility index (Phi) is 2.80. The first-order valence-corrected chi connectivity index (χ1v) is 5.54. The minimum atomic E-state index is 0.0565. The van der Waals surface area contributed by atoms with E-state index in [9.17, 15) is 0 Å². The van der Waals surface area contributed by atoms with Gasteiger partial charge in [-0.3, -0.25) is 4.68 Å². The van der Waals surface area contributed by atoms with Gasteiger partial charge in [-0.2, -0.15) is 5.10 Å². The summed E-state index contributed by atoms with van der Waals surface area (Å²) in [5, 5.41) is 7.55. The van der Waals surface area contributed by atoms with Crippen LogP contribution in [0.25, 0.3) is 0 Å². The zero-order valence-electron chi connectivity index (χ0n) is 9.53. The van der Waals surface area contributed by atoms with Crippen molar-refractivity contribution in [3.63, 3.8) is 0 Å². The third-order valence-electron chi connectivity index (χ3n) is 3.17. The lowest BCUT2D eigenvalue weighted by atomic mass is 10.1. The Morgan fingerprint density at radius 1 is 1.67 bits per heavy atom. The average molecular weight is 208 g/mol. The van der Waals surface area contributed by atoms with Crippen molar-refractivity contribution < 1.29 is 0 Å². The summed E-state index contributed by atoms with van der Waals surface area (Å²) >= 11 is 0. The molecule has 4 heteroatoms. The second-order valence-corrected chi connectivity index (χ2v) is 5.00. The van der Waals surface area contributed by atoms with Crippen LogP contribution in [0, 0.1) is 5.41 Å². The Bertz CT molecular complexity index is 327. The van der Waals surface area contributed by atoms with E-state index in [4.69, 9.17) is 5.73 Å². The molecule has 4 nitrogen and oxygen atoms in total. The maximum Gasteiger partial charge on any atom is 0.0537 e. The van der Waals surface area contributed by atoms with Gasteiger partial charge >= 0.3 is 0 Å². The molecule has 1 heterocycles. The van der Waals surface area contributed by atoms with Crippen LogP contribution in [-0.2, 0) is 7.05 Å². The molecule has 1 atom stereocenters. The van der Waals surface area contributed by atoms with Gasteiger partial charge in [0.05, 0.1) is 6.20 Å². The third kappa shape index (κ3) is 2.79. The van der Waals surface area contributed by atoms with Crippen molar-refractivity contribution >= 4 is 0 Å². The summed E-state index contributed by atoms with van der Waals surface area (Å²) in [6.07, 6.45) is 6.51. The second kappa shape index (κ2) is 3.94. The van der Waals surface area contributed by atoms with Crippen LogP contribution in [0.4, 0.5) is 0 Å². The van der Waals surface area contributed by atoms with E-state index in [1.165, 1.54) is 12.8 Å². The molecule has 3 N–H and O–H groups in total. The number of nitrogens with two attached hydrogens (primary N) is 1. The maximum atomic E-state index is 6.04. The van der Waals surface area contributed by atoms with E-state index in [-0.39, 0.29) is 6.04 Å². The van der Waals surface area contributed by atoms with Gasteiger partial charge in [-0.1, -0.05) is 6.92 Å². The summed E-state index contributed by atoms with van der Waals surface area (Å²) in [7, 11) is 1.91. The number of hydrogen-bond donors (Lipinski definition) is 2. The van der Waals surface area contributed by atoms with Gasteiger partial charge in [-0.05, 0) is 18.3 Å². The third-order valence-corrected chi connectivity index (χ3v) is 3.17. The number of aromatic nitrogens is 2. The molecule has 0 amide bonds. The molecule has 1 aliphatic rings. The van der Waals surface area contributed by atoms with E-state index in [0.717, 1.165) is 18.7 Å². The highest BCUT2D eigenvalue weighted by Gasteiger charge is 2.36. The summed E-state index contributed by atoms with van der Waals surface area (Å²) in [6, 6.07) is 0.0565. The van der Waals surface area contributed by atoms with Gasteiger partial charge in [0.1, 0.15) is 0 Å². The average Bonchev–Trinajstić information content (AvgIpc) is 2.76. The second-order valence-electron chi connectivity index (χ2n) is 5.00. The number of rotatable bonds is 5. The summed E-state index contributed by atoms with van der Waals surface area (Å²) in [5.74, 6) is 0. The monoisotopic (exact) mass is 208 g/mol. The molecule has 1 saturated carbocycles. The summed E-state index contributed by atoms with van der Waals surface area (Å²) < 4.78 is 1.79. The minimum Gasteiger partial charge on any atom is -0.323 e. The predicted octanol–water partition coefficient (Wildman–Crippen LogP) is 0.810. The lowest BCUT2D eigenvalue weighted by Gasteiger charge is -2.13. The lowest BCUT2D eigenvalue weighted by Crippen LogP contribution is -2.30. The molecule has 1 aromatic rings. The van der Waals surface area contributed by atoms with Crippen molar-refractivity contribution in [2.24, 2.45) is 18.2 Å². The Morgan fingerprint density at radius 2 is 2.40 bits per heavy atom. The van der Waals surface area contributed by atoms with Crippen molar-refractivity contribution in [3.05, 3.63) is 18.0 Å². The van der Waals surface area contributed by atoms with E-state index in [2.05, 4.69) is 17.3 Å². The molecule has 0 saturated heterocycles. The van der Waals surface area contributed by atoms with Gasteiger partial charge in [0, 0.05) is 37.9 Å². The molecule has 1 fully saturated rings. The van der Waals surface area contributed by atoms with E-state index in [1.807, 2.05) is 19.4 Å². The molecule has 0 aliphatic heterocycles. The van der Waals surface area contributed by atoms with Gasteiger partial charge in [0.2, 0.25) is 0 Å². The van der Waals surface area contributed by atoms with Crippen LogP contribution in [0.2, 0.25) is 0 Å². The van der Waals surface area contributed by atoms with E-state index in [0.29, 0.717) is 5.41 Å². The number of nitrogens with one attached hydrogen (secondary N) is 1. The fourth-order valence-corrected chi connectivity index (χ4v) is 1.67. The minimum absolute atomic E-state index is 0.0565. The topological polar surface area (TPSA) is 55.9 Å². The summed E-state index contributed by atoms with van der Waals surface area (Å²) in [4.78, 5) is 0. The molecule has 0 spiro atoms. The number of nitrogens with zero attached hydrogens (tertiary/aromatic N) is 2. The van der Waals surface area contributed by atoms with E-state index in [1.54, 1.807) is 4.68 Å². The standard InChI is InChI=1S/C11H20N4/c1-11(3-4-11)8-13-6-10(12)9-5-14-15(2)7-9/h5,7,10,13H,3-4,6,8,12H2,1-2H3. The van der Waals surface area contributed by atoms with Crippen LogP contribution in [-0.4, -0.2) is 22.9 Å². The molecule has 0 radical (unpaired) electrons. The molecular formula is C11H20N4. The van der Waals surface area contributed by atoms with Crippen molar-refractivity contribution in [3.8, 4) is 0 Å². The molecule has 0 bridgehead atoms. The van der Waals surface area contributed by atoms with Crippen molar-refractivity contribution in [1.82, 2.24) is 15.1 Å². The molecule has 0 aromatic carbocycles. The molecule has 1 aliphatic carbocycles. The highest BCUT2D eigenvalue weighted by molar-refractivity contribution is 5.09. The number of hydrogen-bond acceptors (Lipinski definition) is 3. The highest BCUT2D eigenvalue weighted by atomic mass is 15.2. The van der Waals surface area contributed by atoms with Gasteiger partial charge in [-0.15, -0.1) is 0 Å². The van der Waals surface area contributed by atoms with Crippen LogP contribution in [0.15, 0.2) is 12.4 Å². The zero-order chi connectivity index (χ0) is 10.9. The van der Waals surface area contributed by atoms with Crippen molar-refractivity contribution in [2.45, 2.75) is 25.8 Å². The van der Waals surface area contributed by atoms with Gasteiger partial charge < -0.3 is 11.1 Å². The quantitative estimate of drug-likeness (QED) is 0.753. The largest absolute Gasteiger partial charge is 0.323 e. The fraction of sp³-hybridized carbons (Fsp3) is 0.727. The van der Waals surface area contributed by atoms with Gasteiger partial charge in [0.25, 0.3) is 0 Å². The van der Waals surface area contributed by atoms with Crippen LogP contribution in [0.1, 0.15) is 31.4 Å². The molecule has 1 aromatic heterocycles. The first-order valence-electron chi connectivity index (χ1n) is 5.54. The Morgan fingerprint density at radius 3 is 2.93 bits per heavy atom. The smallest absolute Gasteiger partial charge is 0.0537 e. The lowest BCUT2D eigenvalue weighted by molar-refractivity contribution is 0.480. The van der Waals surface area contributed by atoms with Gasteiger partial charge in [-0.25, -0.2) is 0 Å². The molecular weight excluding hydrogens is 188 g/mol. The number of aryl methyl sites for hydroxylation is 1. The Balaban J connectivity index is 1.74. The van der Waals surface area contributed by atoms with Crippen molar-refractivity contribution in [2.75, 3.05) is 13.1 Å². The fourth-order valence-electron chi connectivity index (χ4n) is 1.67. The van der Waals surface area contributed by atoms with Crippen LogP contribution in [0.5, 0.6) is 0 Å². The Labute approximate surface area is 90.8 Å². The van der Waals surface area contributed by atoms with Crippen LogP contribution < -0.4 is 11.1 Å². The zero-order valence-corrected chi connectivity index (χ0v) is 9.53. The van der Waals surface area contributed by atoms with Crippen molar-refractivity contribution in [1.29, 1.82) is 0 Å². The SMILES string of the molecule is Cn1cc(C(N)CNCC2(C)CC2)cn1. The predicted molar refractivity (Wildman–Crippen MR) is 60.3 cm³/mol.